The van der Waals surface area contributed by atoms with E-state index in [-0.39, 0.29) is 11.7 Å². The van der Waals surface area contributed by atoms with Crippen LogP contribution in [-0.2, 0) is 4.79 Å². The van der Waals surface area contributed by atoms with Gasteiger partial charge in [0.1, 0.15) is 5.75 Å². The second-order valence-corrected chi connectivity index (χ2v) is 4.17. The molecular weight excluding hydrogens is 246 g/mol. The van der Waals surface area contributed by atoms with Gasteiger partial charge in [-0.25, -0.2) is 0 Å². The van der Waals surface area contributed by atoms with Crippen LogP contribution in [-0.4, -0.2) is 25.9 Å². The number of hydrogen-bond acceptors (Lipinski definition) is 2. The molecule has 0 aliphatic carbocycles. The molecule has 3 nitrogen and oxygen atoms in total. The molecule has 1 aromatic carbocycles. The van der Waals surface area contributed by atoms with Gasteiger partial charge in [0.15, 0.2) is 0 Å². The van der Waals surface area contributed by atoms with Gasteiger partial charge in [-0.05, 0) is 18.6 Å². The first-order valence-electron chi connectivity index (χ1n) is 5.70. The molecule has 0 N–H and O–H groups in total. The van der Waals surface area contributed by atoms with Gasteiger partial charge in [0.2, 0.25) is 5.91 Å². The number of carbonyl (C=O) groups is 1. The maximum absolute atomic E-state index is 12.1. The fourth-order valence-corrected chi connectivity index (χ4v) is 1.85. The summed E-state index contributed by atoms with van der Waals surface area (Å²) in [7, 11) is 0. The summed E-state index contributed by atoms with van der Waals surface area (Å²) in [4.78, 5) is 13.1. The minimum atomic E-state index is -4.97. The third kappa shape index (κ3) is 3.18. The quantitative estimate of drug-likeness (QED) is 0.777. The molecule has 1 fully saturated rings. The second-order valence-electron chi connectivity index (χ2n) is 4.17. The Bertz CT molecular complexity index is 450. The Labute approximate surface area is 103 Å². The number of ether oxygens (including phenoxy) is 1. The molecule has 98 valence electrons. The van der Waals surface area contributed by atoms with Gasteiger partial charge >= 0.3 is 6.98 Å². The molecule has 1 heterocycles. The predicted molar refractivity (Wildman–Crippen MR) is 62.6 cm³/mol. The largest absolute Gasteiger partial charge is 0.522 e. The van der Waals surface area contributed by atoms with Crippen LogP contribution in [0.3, 0.4) is 0 Å². The van der Waals surface area contributed by atoms with E-state index in [0.717, 1.165) is 6.42 Å². The Morgan fingerprint density at radius 3 is 2.72 bits per heavy atom. The summed E-state index contributed by atoms with van der Waals surface area (Å²) in [6.45, 7) is -5.63. The molecule has 0 spiro atoms. The lowest BCUT2D eigenvalue weighted by Gasteiger charge is -2.18. The summed E-state index contributed by atoms with van der Waals surface area (Å²) in [5, 5.41) is 0. The zero-order valence-electron chi connectivity index (χ0n) is 9.61. The summed E-state index contributed by atoms with van der Waals surface area (Å²) < 4.78 is 40.9. The monoisotopic (exact) mass is 258 g/mol. The predicted octanol–water partition coefficient (Wildman–Crippen LogP) is 2.58. The maximum Gasteiger partial charge on any atom is 0.515 e. The van der Waals surface area contributed by atoms with Crippen LogP contribution in [0.25, 0.3) is 0 Å². The van der Waals surface area contributed by atoms with Crippen LogP contribution in [0, 0.1) is 0 Å². The number of nitrogens with zero attached hydrogens (tertiary/aromatic N) is 1. The van der Waals surface area contributed by atoms with Gasteiger partial charge in [-0.2, -0.15) is 0 Å². The molecule has 1 aliphatic heterocycles. The number of hydrogen-bond donors (Lipinski definition) is 0. The van der Waals surface area contributed by atoms with E-state index < -0.39 is 13.5 Å². The zero-order valence-corrected chi connectivity index (χ0v) is 9.61. The van der Waals surface area contributed by atoms with Gasteiger partial charge < -0.3 is 22.6 Å². The molecule has 2 rings (SSSR count). The smallest absolute Gasteiger partial charge is 0.515 e. The first-order valence-corrected chi connectivity index (χ1v) is 5.70. The molecule has 1 saturated heterocycles. The first kappa shape index (κ1) is 12.8. The van der Waals surface area contributed by atoms with Crippen LogP contribution >= 0.6 is 0 Å². The average Bonchev–Trinajstić information content (AvgIpc) is 2.72. The van der Waals surface area contributed by atoms with Gasteiger partial charge in [0.05, 0.1) is 6.51 Å². The fraction of sp³-hybridized carbons (Fsp3) is 0.364. The molecule has 0 bridgehead atoms. The van der Waals surface area contributed by atoms with E-state index >= 15 is 0 Å². The maximum atomic E-state index is 12.1. The third-order valence-electron chi connectivity index (χ3n) is 2.64. The number of amides is 1. The lowest BCUT2D eigenvalue weighted by atomic mass is 9.95. The summed E-state index contributed by atoms with van der Waals surface area (Å²) in [6.07, 6.45) is 1.26. The van der Waals surface area contributed by atoms with E-state index in [1.54, 1.807) is 17.0 Å². The van der Waals surface area contributed by atoms with Crippen molar-refractivity contribution in [2.45, 2.75) is 12.8 Å². The molecule has 0 aromatic heterocycles. The minimum Gasteiger partial charge on any atom is -0.522 e. The molecule has 7 heteroatoms. The SMILES string of the molecule is O=C1CCCN1c1cccc(OC[B-](F)(F)F)c1. The van der Waals surface area contributed by atoms with Gasteiger partial charge in [-0.15, -0.1) is 0 Å². The van der Waals surface area contributed by atoms with Crippen LogP contribution < -0.4 is 9.64 Å². The first-order chi connectivity index (χ1) is 8.46. The van der Waals surface area contributed by atoms with E-state index in [0.29, 0.717) is 18.7 Å². The van der Waals surface area contributed by atoms with Crippen molar-refractivity contribution in [3.8, 4) is 5.75 Å². The van der Waals surface area contributed by atoms with Crippen LogP contribution in [0.1, 0.15) is 12.8 Å². The normalized spacial score (nSPS) is 16.2. The molecular formula is C11H12BF3NO2-. The van der Waals surface area contributed by atoms with Crippen molar-refractivity contribution < 1.29 is 22.5 Å². The van der Waals surface area contributed by atoms with E-state index in [2.05, 4.69) is 4.74 Å². The van der Waals surface area contributed by atoms with Gasteiger partial charge in [-0.1, -0.05) is 6.07 Å². The topological polar surface area (TPSA) is 29.5 Å². The van der Waals surface area contributed by atoms with Gasteiger partial charge in [0, 0.05) is 24.7 Å². The van der Waals surface area contributed by atoms with E-state index in [1.807, 2.05) is 0 Å². The standard InChI is InChI=1S/C11H12BF3NO2/c13-12(14,15)8-18-10-4-1-3-9(7-10)16-6-2-5-11(16)17/h1,3-4,7H,2,5-6,8H2/q-1. The van der Waals surface area contributed by atoms with Crippen molar-refractivity contribution in [2.24, 2.45) is 0 Å². The molecule has 0 radical (unpaired) electrons. The van der Waals surface area contributed by atoms with Crippen molar-refractivity contribution in [3.63, 3.8) is 0 Å². The Morgan fingerprint density at radius 1 is 1.33 bits per heavy atom. The molecule has 0 atom stereocenters. The molecule has 0 unspecified atom stereocenters. The van der Waals surface area contributed by atoms with Crippen molar-refractivity contribution in [1.82, 2.24) is 0 Å². The highest BCUT2D eigenvalue weighted by Gasteiger charge is 2.25. The third-order valence-corrected chi connectivity index (χ3v) is 2.64. The second kappa shape index (κ2) is 4.92. The molecule has 1 aromatic rings. The summed E-state index contributed by atoms with van der Waals surface area (Å²) >= 11 is 0. The average molecular weight is 258 g/mol. The molecule has 0 saturated carbocycles. The van der Waals surface area contributed by atoms with E-state index in [9.17, 15) is 17.7 Å². The summed E-state index contributed by atoms with van der Waals surface area (Å²) in [6, 6.07) is 6.19. The van der Waals surface area contributed by atoms with E-state index in [1.165, 1.54) is 12.1 Å². The minimum absolute atomic E-state index is 0.00723. The Morgan fingerprint density at radius 2 is 2.11 bits per heavy atom. The number of halogens is 3. The van der Waals surface area contributed by atoms with E-state index in [4.69, 9.17) is 0 Å². The van der Waals surface area contributed by atoms with Crippen LogP contribution in [0.15, 0.2) is 24.3 Å². The highest BCUT2D eigenvalue weighted by molar-refractivity contribution is 6.58. The summed E-state index contributed by atoms with van der Waals surface area (Å²) in [5.41, 5.74) is 0.588. The Balaban J connectivity index is 2.08. The Hall–Kier alpha value is -1.66. The van der Waals surface area contributed by atoms with Crippen molar-refractivity contribution in [3.05, 3.63) is 24.3 Å². The van der Waals surface area contributed by atoms with Crippen molar-refractivity contribution in [1.29, 1.82) is 0 Å². The highest BCUT2D eigenvalue weighted by Crippen LogP contribution is 2.25. The van der Waals surface area contributed by atoms with Gasteiger partial charge in [-0.3, -0.25) is 4.79 Å². The lowest BCUT2D eigenvalue weighted by Crippen LogP contribution is -2.26. The fourth-order valence-electron chi connectivity index (χ4n) is 1.85. The zero-order chi connectivity index (χ0) is 13.2. The van der Waals surface area contributed by atoms with Crippen LogP contribution in [0.5, 0.6) is 5.75 Å². The lowest BCUT2D eigenvalue weighted by molar-refractivity contribution is -0.117. The Kier molecular flexibility index (Phi) is 3.49. The highest BCUT2D eigenvalue weighted by atomic mass is 19.4. The molecule has 18 heavy (non-hydrogen) atoms. The molecule has 1 aliphatic rings. The number of carbonyl (C=O) groups excluding carboxylic acids is 1. The number of benzene rings is 1. The van der Waals surface area contributed by atoms with Crippen LogP contribution in [0.4, 0.5) is 18.6 Å². The summed E-state index contributed by atoms with van der Waals surface area (Å²) in [5.74, 6) is 0.124. The molecule has 1 amide bonds. The van der Waals surface area contributed by atoms with Crippen LogP contribution in [0.2, 0.25) is 0 Å². The van der Waals surface area contributed by atoms with Crippen molar-refractivity contribution in [2.75, 3.05) is 18.0 Å². The number of anilines is 1. The van der Waals surface area contributed by atoms with Gasteiger partial charge in [0.25, 0.3) is 0 Å². The van der Waals surface area contributed by atoms with Crippen molar-refractivity contribution >= 4 is 18.6 Å². The number of rotatable bonds is 4.